The van der Waals surface area contributed by atoms with Crippen molar-refractivity contribution in [3.8, 4) is 17.1 Å². The molecule has 3 N–H and O–H groups in total. The van der Waals surface area contributed by atoms with Crippen molar-refractivity contribution < 1.29 is 14.0 Å². The number of nitrogens with two attached hydrogens (primary N) is 1. The monoisotopic (exact) mass is 374 g/mol. The van der Waals surface area contributed by atoms with Gasteiger partial charge in [-0.2, -0.15) is 5.10 Å². The number of primary amides is 1. The number of nitrogens with one attached hydrogen (secondary N) is 1. The first-order chi connectivity index (χ1) is 13.6. The minimum absolute atomic E-state index is 0.133. The molecule has 0 atom stereocenters. The molecule has 2 aromatic heterocycles. The molecule has 4 aromatic rings. The van der Waals surface area contributed by atoms with E-state index >= 15 is 0 Å². The third-order valence-corrected chi connectivity index (χ3v) is 3.97. The average Bonchev–Trinajstić information content (AvgIpc) is 3.41. The van der Waals surface area contributed by atoms with Gasteiger partial charge < -0.3 is 15.5 Å². The second kappa shape index (κ2) is 7.16. The number of anilines is 1. The highest BCUT2D eigenvalue weighted by molar-refractivity contribution is 6.05. The summed E-state index contributed by atoms with van der Waals surface area (Å²) in [7, 11) is 0. The molecule has 28 heavy (non-hydrogen) atoms. The van der Waals surface area contributed by atoms with Crippen molar-refractivity contribution in [3.05, 3.63) is 78.4 Å². The van der Waals surface area contributed by atoms with Gasteiger partial charge in [-0.1, -0.05) is 18.2 Å². The van der Waals surface area contributed by atoms with Gasteiger partial charge in [0.25, 0.3) is 11.8 Å². The molecule has 0 spiro atoms. The van der Waals surface area contributed by atoms with E-state index < -0.39 is 5.91 Å². The Bertz CT molecular complexity index is 1150. The first-order valence-electron chi connectivity index (χ1n) is 8.24. The van der Waals surface area contributed by atoms with Crippen LogP contribution in [-0.2, 0) is 0 Å². The Morgan fingerprint density at radius 2 is 1.93 bits per heavy atom. The van der Waals surface area contributed by atoms with Gasteiger partial charge in [-0.15, -0.1) is 10.2 Å². The van der Waals surface area contributed by atoms with Crippen LogP contribution < -0.4 is 11.1 Å². The number of rotatable bonds is 5. The first-order valence-corrected chi connectivity index (χ1v) is 8.24. The molecule has 0 aliphatic heterocycles. The lowest BCUT2D eigenvalue weighted by Gasteiger charge is -2.11. The molecule has 138 valence electrons. The summed E-state index contributed by atoms with van der Waals surface area (Å²) >= 11 is 0. The number of carbonyl (C=O) groups is 2. The highest BCUT2D eigenvalue weighted by Crippen LogP contribution is 2.22. The summed E-state index contributed by atoms with van der Waals surface area (Å²) in [6.07, 6.45) is 2.82. The van der Waals surface area contributed by atoms with E-state index in [0.29, 0.717) is 28.4 Å². The van der Waals surface area contributed by atoms with Crippen molar-refractivity contribution in [1.82, 2.24) is 20.0 Å². The number of benzene rings is 2. The number of hydrogen-bond acceptors (Lipinski definition) is 6. The molecule has 4 rings (SSSR count). The van der Waals surface area contributed by atoms with Crippen LogP contribution >= 0.6 is 0 Å². The van der Waals surface area contributed by atoms with Crippen molar-refractivity contribution in [2.45, 2.75) is 0 Å². The second-order valence-corrected chi connectivity index (χ2v) is 5.81. The van der Waals surface area contributed by atoms with E-state index in [1.807, 2.05) is 0 Å². The second-order valence-electron chi connectivity index (χ2n) is 5.81. The molecular formula is C19H14N6O3. The fourth-order valence-corrected chi connectivity index (χ4v) is 2.66. The Morgan fingerprint density at radius 1 is 1.07 bits per heavy atom. The molecule has 9 heteroatoms. The average molecular weight is 374 g/mol. The normalized spacial score (nSPS) is 10.6. The van der Waals surface area contributed by atoms with Crippen molar-refractivity contribution in [1.29, 1.82) is 0 Å². The number of aromatic nitrogens is 4. The zero-order chi connectivity index (χ0) is 19.5. The number of nitrogens with zero attached hydrogens (tertiary/aromatic N) is 4. The number of carbonyl (C=O) groups excluding carboxylic acids is 2. The highest BCUT2D eigenvalue weighted by Gasteiger charge is 2.14. The molecule has 0 unspecified atom stereocenters. The third kappa shape index (κ3) is 3.36. The standard InChI is InChI=1S/C19H14N6O3/c20-17(26)15-8-9-25(24-15)16-7-2-1-6-14(16)22-18(27)12-4-3-5-13(10-12)19-23-21-11-28-19/h1-11H,(H2,20,26)(H,22,27). The molecule has 0 aliphatic carbocycles. The van der Waals surface area contributed by atoms with E-state index in [9.17, 15) is 9.59 Å². The van der Waals surface area contributed by atoms with Crippen LogP contribution in [0.15, 0.2) is 71.6 Å². The number of amides is 2. The predicted molar refractivity (Wildman–Crippen MR) is 99.8 cm³/mol. The zero-order valence-electron chi connectivity index (χ0n) is 14.4. The summed E-state index contributed by atoms with van der Waals surface area (Å²) in [6, 6.07) is 15.4. The maximum atomic E-state index is 12.8. The van der Waals surface area contributed by atoms with Crippen LogP contribution in [0.1, 0.15) is 20.8 Å². The Kier molecular flexibility index (Phi) is 4.38. The van der Waals surface area contributed by atoms with E-state index in [0.717, 1.165) is 0 Å². The third-order valence-electron chi connectivity index (χ3n) is 3.97. The molecule has 9 nitrogen and oxygen atoms in total. The number of para-hydroxylation sites is 2. The van der Waals surface area contributed by atoms with Crippen LogP contribution in [0, 0.1) is 0 Å². The van der Waals surface area contributed by atoms with Gasteiger partial charge in [-0.3, -0.25) is 9.59 Å². The van der Waals surface area contributed by atoms with Crippen molar-refractivity contribution in [2.24, 2.45) is 5.73 Å². The van der Waals surface area contributed by atoms with Gasteiger partial charge in [0, 0.05) is 17.3 Å². The highest BCUT2D eigenvalue weighted by atomic mass is 16.4. The fourth-order valence-electron chi connectivity index (χ4n) is 2.66. The Morgan fingerprint density at radius 3 is 2.68 bits per heavy atom. The SMILES string of the molecule is NC(=O)c1ccn(-c2ccccc2NC(=O)c2cccc(-c3nnco3)c2)n1. The summed E-state index contributed by atoms with van der Waals surface area (Å²) < 4.78 is 6.64. The van der Waals surface area contributed by atoms with E-state index in [-0.39, 0.29) is 11.6 Å². The summed E-state index contributed by atoms with van der Waals surface area (Å²) in [5.41, 5.74) is 7.56. The lowest BCUT2D eigenvalue weighted by molar-refractivity contribution is 0.0992. The van der Waals surface area contributed by atoms with E-state index in [1.54, 1.807) is 54.7 Å². The lowest BCUT2D eigenvalue weighted by atomic mass is 10.1. The Hall–Kier alpha value is -4.27. The molecule has 0 bridgehead atoms. The van der Waals surface area contributed by atoms with Gasteiger partial charge in [0.1, 0.15) is 5.69 Å². The quantitative estimate of drug-likeness (QED) is 0.551. The van der Waals surface area contributed by atoms with Gasteiger partial charge in [0.2, 0.25) is 12.3 Å². The van der Waals surface area contributed by atoms with Gasteiger partial charge in [0.15, 0.2) is 0 Å². The fraction of sp³-hybridized carbons (Fsp3) is 0. The molecule has 0 saturated heterocycles. The molecular weight excluding hydrogens is 360 g/mol. The van der Waals surface area contributed by atoms with Crippen LogP contribution in [0.3, 0.4) is 0 Å². The van der Waals surface area contributed by atoms with E-state index in [2.05, 4.69) is 20.6 Å². The maximum absolute atomic E-state index is 12.8. The summed E-state index contributed by atoms with van der Waals surface area (Å²) in [4.78, 5) is 24.0. The smallest absolute Gasteiger partial charge is 0.269 e. The predicted octanol–water partition coefficient (Wildman–Crippen LogP) is 2.27. The lowest BCUT2D eigenvalue weighted by Crippen LogP contribution is -2.15. The Balaban J connectivity index is 1.62. The molecule has 0 aliphatic rings. The van der Waals surface area contributed by atoms with Gasteiger partial charge in [-0.05, 0) is 36.4 Å². The van der Waals surface area contributed by atoms with Crippen molar-refractivity contribution in [2.75, 3.05) is 5.32 Å². The maximum Gasteiger partial charge on any atom is 0.269 e. The van der Waals surface area contributed by atoms with Crippen molar-refractivity contribution in [3.63, 3.8) is 0 Å². The van der Waals surface area contributed by atoms with Crippen LogP contribution in [0.5, 0.6) is 0 Å². The van der Waals surface area contributed by atoms with E-state index in [1.165, 1.54) is 17.1 Å². The molecule has 2 aromatic carbocycles. The van der Waals surface area contributed by atoms with Gasteiger partial charge in [0.05, 0.1) is 11.4 Å². The van der Waals surface area contributed by atoms with Crippen LogP contribution in [0.25, 0.3) is 17.1 Å². The zero-order valence-corrected chi connectivity index (χ0v) is 14.4. The molecule has 2 amide bonds. The Labute approximate surface area is 158 Å². The molecule has 0 fully saturated rings. The topological polar surface area (TPSA) is 129 Å². The van der Waals surface area contributed by atoms with Crippen LogP contribution in [0.4, 0.5) is 5.69 Å². The molecule has 2 heterocycles. The van der Waals surface area contributed by atoms with Crippen LogP contribution in [-0.4, -0.2) is 31.8 Å². The minimum atomic E-state index is -0.627. The van der Waals surface area contributed by atoms with Gasteiger partial charge >= 0.3 is 0 Å². The summed E-state index contributed by atoms with van der Waals surface area (Å²) in [5.74, 6) is -0.625. The van der Waals surface area contributed by atoms with Crippen molar-refractivity contribution >= 4 is 17.5 Å². The number of hydrogen-bond donors (Lipinski definition) is 2. The van der Waals surface area contributed by atoms with E-state index in [4.69, 9.17) is 10.2 Å². The summed E-state index contributed by atoms with van der Waals surface area (Å²) in [5, 5.41) is 14.5. The largest absolute Gasteiger partial charge is 0.423 e. The van der Waals surface area contributed by atoms with Crippen LogP contribution in [0.2, 0.25) is 0 Å². The summed E-state index contributed by atoms with van der Waals surface area (Å²) in [6.45, 7) is 0. The van der Waals surface area contributed by atoms with Gasteiger partial charge in [-0.25, -0.2) is 4.68 Å². The first kappa shape index (κ1) is 17.2. The minimum Gasteiger partial charge on any atom is -0.423 e. The molecule has 0 saturated carbocycles. The molecule has 0 radical (unpaired) electrons.